The molecule has 0 amide bonds. The maximum atomic E-state index is 11.1. The van der Waals surface area contributed by atoms with Gasteiger partial charge in [0.15, 0.2) is 0 Å². The van der Waals surface area contributed by atoms with Gasteiger partial charge in [0.05, 0.1) is 5.69 Å². The van der Waals surface area contributed by atoms with Crippen LogP contribution >= 0.6 is 0 Å². The van der Waals surface area contributed by atoms with Crippen LogP contribution in [0.15, 0.2) is 29.1 Å². The predicted molar refractivity (Wildman–Crippen MR) is 57.5 cm³/mol. The van der Waals surface area contributed by atoms with Crippen LogP contribution in [-0.2, 0) is 6.42 Å². The summed E-state index contributed by atoms with van der Waals surface area (Å²) in [4.78, 5) is 11.1. The highest BCUT2D eigenvalue weighted by molar-refractivity contribution is 5.74. The van der Waals surface area contributed by atoms with E-state index in [1.807, 2.05) is 18.2 Å². The van der Waals surface area contributed by atoms with Gasteiger partial charge in [-0.1, -0.05) is 6.07 Å². The van der Waals surface area contributed by atoms with Crippen molar-refractivity contribution in [2.45, 2.75) is 6.42 Å². The zero-order valence-electron chi connectivity index (χ0n) is 7.95. The number of anilines is 1. The Hall–Kier alpha value is -2.10. The molecule has 1 aliphatic carbocycles. The number of nitrogen functional groups attached to an aromatic ring is 1. The molecule has 0 radical (unpaired) electrons. The van der Waals surface area contributed by atoms with Gasteiger partial charge in [-0.25, -0.2) is 5.10 Å². The summed E-state index contributed by atoms with van der Waals surface area (Å²) in [6.07, 6.45) is 0.743. The summed E-state index contributed by atoms with van der Waals surface area (Å²) in [6, 6.07) is 7.32. The predicted octanol–water partition coefficient (Wildman–Crippen LogP) is 0.923. The first-order valence-electron chi connectivity index (χ1n) is 4.71. The minimum absolute atomic E-state index is 0.158. The average Bonchev–Trinajstić information content (AvgIpc) is 2.53. The van der Waals surface area contributed by atoms with Crippen molar-refractivity contribution in [3.63, 3.8) is 0 Å². The van der Waals surface area contributed by atoms with Crippen molar-refractivity contribution in [3.05, 3.63) is 45.7 Å². The molecule has 1 aromatic carbocycles. The molecule has 0 bridgehead atoms. The fourth-order valence-electron chi connectivity index (χ4n) is 2.01. The van der Waals surface area contributed by atoms with Crippen molar-refractivity contribution in [3.8, 4) is 11.3 Å². The highest BCUT2D eigenvalue weighted by atomic mass is 16.1. The maximum Gasteiger partial charge on any atom is 0.264 e. The molecule has 4 nitrogen and oxygen atoms in total. The first kappa shape index (κ1) is 8.23. The SMILES string of the molecule is Nc1ccc2c(c1)Cc1cc(=O)[nH]nc1-2. The summed E-state index contributed by atoms with van der Waals surface area (Å²) >= 11 is 0. The topological polar surface area (TPSA) is 71.8 Å². The van der Waals surface area contributed by atoms with E-state index in [1.165, 1.54) is 0 Å². The lowest BCUT2D eigenvalue weighted by atomic mass is 10.1. The quantitative estimate of drug-likeness (QED) is 0.529. The molecule has 4 heteroatoms. The average molecular weight is 199 g/mol. The molecule has 0 atom stereocenters. The third-order valence-corrected chi connectivity index (χ3v) is 2.65. The Morgan fingerprint density at radius 2 is 2.13 bits per heavy atom. The number of nitrogens with two attached hydrogens (primary N) is 1. The number of hydrogen-bond donors (Lipinski definition) is 2. The van der Waals surface area contributed by atoms with Gasteiger partial charge in [0.25, 0.3) is 5.56 Å². The van der Waals surface area contributed by atoms with Gasteiger partial charge in [-0.05, 0) is 23.3 Å². The van der Waals surface area contributed by atoms with E-state index < -0.39 is 0 Å². The second-order valence-corrected chi connectivity index (χ2v) is 3.70. The molecule has 74 valence electrons. The van der Waals surface area contributed by atoms with E-state index in [0.717, 1.165) is 34.5 Å². The molecule has 2 aromatic rings. The molecule has 3 N–H and O–H groups in total. The van der Waals surface area contributed by atoms with Crippen LogP contribution in [-0.4, -0.2) is 10.2 Å². The van der Waals surface area contributed by atoms with E-state index in [4.69, 9.17) is 5.73 Å². The summed E-state index contributed by atoms with van der Waals surface area (Å²) < 4.78 is 0. The van der Waals surface area contributed by atoms with Gasteiger partial charge >= 0.3 is 0 Å². The molecule has 15 heavy (non-hydrogen) atoms. The van der Waals surface area contributed by atoms with Crippen LogP contribution < -0.4 is 11.3 Å². The Labute approximate surface area is 85.8 Å². The van der Waals surface area contributed by atoms with Crippen LogP contribution in [0.5, 0.6) is 0 Å². The molecular weight excluding hydrogens is 190 g/mol. The number of nitrogens with one attached hydrogen (secondary N) is 1. The lowest BCUT2D eigenvalue weighted by Crippen LogP contribution is -2.07. The second kappa shape index (κ2) is 2.70. The van der Waals surface area contributed by atoms with E-state index in [-0.39, 0.29) is 5.56 Å². The zero-order chi connectivity index (χ0) is 10.4. The van der Waals surface area contributed by atoms with Crippen molar-refractivity contribution < 1.29 is 0 Å². The number of aromatic nitrogens is 2. The molecule has 0 fully saturated rings. The molecular formula is C11H9N3O. The number of hydrogen-bond acceptors (Lipinski definition) is 3. The Kier molecular flexibility index (Phi) is 1.48. The summed E-state index contributed by atoms with van der Waals surface area (Å²) in [5.41, 5.74) is 10.3. The van der Waals surface area contributed by atoms with Gasteiger partial charge < -0.3 is 5.73 Å². The van der Waals surface area contributed by atoms with Crippen LogP contribution in [0.2, 0.25) is 0 Å². The van der Waals surface area contributed by atoms with Crippen LogP contribution in [0.1, 0.15) is 11.1 Å². The summed E-state index contributed by atoms with van der Waals surface area (Å²) in [5.74, 6) is 0. The monoisotopic (exact) mass is 199 g/mol. The minimum atomic E-state index is -0.158. The molecule has 3 rings (SSSR count). The molecule has 0 unspecified atom stereocenters. The lowest BCUT2D eigenvalue weighted by Gasteiger charge is -1.99. The van der Waals surface area contributed by atoms with Crippen LogP contribution in [0.25, 0.3) is 11.3 Å². The highest BCUT2D eigenvalue weighted by Crippen LogP contribution is 2.34. The fraction of sp³-hybridized carbons (Fsp3) is 0.0909. The maximum absolute atomic E-state index is 11.1. The van der Waals surface area contributed by atoms with Crippen LogP contribution in [0, 0.1) is 0 Å². The third-order valence-electron chi connectivity index (χ3n) is 2.65. The Morgan fingerprint density at radius 1 is 1.27 bits per heavy atom. The van der Waals surface area contributed by atoms with Gasteiger partial charge in [0.2, 0.25) is 0 Å². The van der Waals surface area contributed by atoms with Crippen LogP contribution in [0.3, 0.4) is 0 Å². The van der Waals surface area contributed by atoms with Gasteiger partial charge in [-0.15, -0.1) is 0 Å². The van der Waals surface area contributed by atoms with Gasteiger partial charge in [0, 0.05) is 23.7 Å². The summed E-state index contributed by atoms with van der Waals surface area (Å²) in [5, 5.41) is 6.50. The Morgan fingerprint density at radius 3 is 3.00 bits per heavy atom. The molecule has 1 aromatic heterocycles. The lowest BCUT2D eigenvalue weighted by molar-refractivity contribution is 0.983. The first-order chi connectivity index (χ1) is 7.24. The molecule has 0 saturated carbocycles. The standard InChI is InChI=1S/C11H9N3O/c12-8-1-2-9-6(4-8)3-7-5-10(15)13-14-11(7)9/h1-2,4-5H,3,12H2,(H,13,15). The second-order valence-electron chi connectivity index (χ2n) is 3.70. The molecule has 0 aliphatic heterocycles. The number of rotatable bonds is 0. The minimum Gasteiger partial charge on any atom is -0.399 e. The molecule has 0 saturated heterocycles. The first-order valence-corrected chi connectivity index (χ1v) is 4.71. The smallest absolute Gasteiger partial charge is 0.264 e. The molecule has 0 spiro atoms. The molecule has 1 aliphatic rings. The number of aromatic amines is 1. The normalized spacial score (nSPS) is 12.3. The van der Waals surface area contributed by atoms with Gasteiger partial charge in [-0.2, -0.15) is 5.10 Å². The number of fused-ring (bicyclic) bond motifs is 3. The van der Waals surface area contributed by atoms with Crippen molar-refractivity contribution in [2.24, 2.45) is 0 Å². The van der Waals surface area contributed by atoms with Crippen molar-refractivity contribution in [1.29, 1.82) is 0 Å². The van der Waals surface area contributed by atoms with Crippen molar-refractivity contribution in [1.82, 2.24) is 10.2 Å². The fourth-order valence-corrected chi connectivity index (χ4v) is 2.01. The van der Waals surface area contributed by atoms with E-state index in [2.05, 4.69) is 10.2 Å². The van der Waals surface area contributed by atoms with Crippen molar-refractivity contribution >= 4 is 5.69 Å². The third kappa shape index (κ3) is 1.15. The van der Waals surface area contributed by atoms with Crippen molar-refractivity contribution in [2.75, 3.05) is 5.73 Å². The summed E-state index contributed by atoms with van der Waals surface area (Å²) in [7, 11) is 0. The largest absolute Gasteiger partial charge is 0.399 e. The number of H-pyrrole nitrogens is 1. The van der Waals surface area contributed by atoms with Crippen LogP contribution in [0.4, 0.5) is 5.69 Å². The van der Waals surface area contributed by atoms with E-state index in [0.29, 0.717) is 0 Å². The Balaban J connectivity index is 2.28. The van der Waals surface area contributed by atoms with E-state index in [9.17, 15) is 4.79 Å². The summed E-state index contributed by atoms with van der Waals surface area (Å²) in [6.45, 7) is 0. The molecule has 1 heterocycles. The van der Waals surface area contributed by atoms with E-state index >= 15 is 0 Å². The van der Waals surface area contributed by atoms with Gasteiger partial charge in [0.1, 0.15) is 0 Å². The number of nitrogens with zero attached hydrogens (tertiary/aromatic N) is 1. The van der Waals surface area contributed by atoms with E-state index in [1.54, 1.807) is 6.07 Å². The zero-order valence-corrected chi connectivity index (χ0v) is 7.95. The Bertz CT molecular complexity index is 601. The highest BCUT2D eigenvalue weighted by Gasteiger charge is 2.20. The number of benzene rings is 1. The van der Waals surface area contributed by atoms with Gasteiger partial charge in [-0.3, -0.25) is 4.79 Å².